The van der Waals surface area contributed by atoms with E-state index in [4.69, 9.17) is 0 Å². The summed E-state index contributed by atoms with van der Waals surface area (Å²) in [6.45, 7) is 5.51. The Kier molecular flexibility index (Phi) is 0.648. The first-order valence-electron chi connectivity index (χ1n) is 1.99. The van der Waals surface area contributed by atoms with Crippen LogP contribution in [0.1, 0.15) is 13.3 Å². The summed E-state index contributed by atoms with van der Waals surface area (Å²) in [5.41, 5.74) is 0. The summed E-state index contributed by atoms with van der Waals surface area (Å²) >= 11 is 0. The van der Waals surface area contributed by atoms with Crippen LogP contribution in [-0.2, 0) is 9.78 Å². The Morgan fingerprint density at radius 1 is 1.67 bits per heavy atom. The van der Waals surface area contributed by atoms with Crippen molar-refractivity contribution in [2.24, 2.45) is 0 Å². The molecule has 0 aromatic rings. The van der Waals surface area contributed by atoms with Crippen LogP contribution in [0.5, 0.6) is 0 Å². The van der Waals surface area contributed by atoms with E-state index in [0.29, 0.717) is 0 Å². The van der Waals surface area contributed by atoms with Gasteiger partial charge in [0.05, 0.1) is 0 Å². The third-order valence-electron chi connectivity index (χ3n) is 0.858. The lowest BCUT2D eigenvalue weighted by Crippen LogP contribution is -1.98. The average Bonchev–Trinajstić information content (AvgIpc) is 2.22. The molecule has 0 spiro atoms. The molecule has 0 saturated carbocycles. The molecule has 35 valence electrons. The van der Waals surface area contributed by atoms with Crippen molar-refractivity contribution >= 4 is 0 Å². The van der Waals surface area contributed by atoms with Crippen molar-refractivity contribution in [2.75, 3.05) is 0 Å². The molecule has 0 atom stereocenters. The molecule has 6 heavy (non-hydrogen) atoms. The van der Waals surface area contributed by atoms with Crippen LogP contribution in [0.4, 0.5) is 0 Å². The first kappa shape index (κ1) is 4.09. The maximum absolute atomic E-state index is 4.43. The maximum Gasteiger partial charge on any atom is 0.234 e. The van der Waals surface area contributed by atoms with Crippen LogP contribution >= 0.6 is 0 Å². The molecular formula is C4H7O2. The third kappa shape index (κ3) is 0.533. The molecule has 1 aliphatic rings. The monoisotopic (exact) mass is 87.0 g/mol. The Bertz CT molecular complexity index is 56.6. The zero-order valence-electron chi connectivity index (χ0n) is 3.73. The summed E-state index contributed by atoms with van der Waals surface area (Å²) in [5.74, 6) is -0.458. The van der Waals surface area contributed by atoms with Crippen LogP contribution in [0, 0.1) is 6.92 Å². The molecule has 0 amide bonds. The summed E-state index contributed by atoms with van der Waals surface area (Å²) in [6, 6.07) is 0. The zero-order valence-corrected chi connectivity index (χ0v) is 3.73. The second-order valence-electron chi connectivity index (χ2n) is 1.43. The van der Waals surface area contributed by atoms with Gasteiger partial charge in [0.15, 0.2) is 0 Å². The van der Waals surface area contributed by atoms with E-state index < -0.39 is 5.79 Å². The van der Waals surface area contributed by atoms with Gasteiger partial charge >= 0.3 is 0 Å². The van der Waals surface area contributed by atoms with Crippen LogP contribution in [0.25, 0.3) is 0 Å². The van der Waals surface area contributed by atoms with Crippen molar-refractivity contribution in [3.63, 3.8) is 0 Å². The van der Waals surface area contributed by atoms with E-state index in [2.05, 4.69) is 16.7 Å². The molecule has 2 heteroatoms. The summed E-state index contributed by atoms with van der Waals surface area (Å²) < 4.78 is 0. The largest absolute Gasteiger partial charge is 0.234 e. The van der Waals surface area contributed by atoms with Crippen LogP contribution in [0.2, 0.25) is 0 Å². The molecule has 0 bridgehead atoms. The van der Waals surface area contributed by atoms with Gasteiger partial charge in [-0.3, -0.25) is 0 Å². The van der Waals surface area contributed by atoms with Gasteiger partial charge in [-0.2, -0.15) is 9.78 Å². The minimum Gasteiger partial charge on any atom is -0.195 e. The minimum absolute atomic E-state index is 0.458. The molecule has 1 rings (SSSR count). The highest BCUT2D eigenvalue weighted by atomic mass is 17.4. The first-order valence-corrected chi connectivity index (χ1v) is 1.99. The SMILES string of the molecule is [CH2]C1(CC)OO1. The van der Waals surface area contributed by atoms with Gasteiger partial charge in [0.25, 0.3) is 0 Å². The van der Waals surface area contributed by atoms with Gasteiger partial charge in [0, 0.05) is 13.3 Å². The standard InChI is InChI=1S/C4H7O2/c1-3-4(2)5-6-4/h2-3H2,1H3. The first-order chi connectivity index (χ1) is 2.77. The molecule has 0 aromatic heterocycles. The van der Waals surface area contributed by atoms with E-state index in [1.165, 1.54) is 0 Å². The fourth-order valence-corrected chi connectivity index (χ4v) is 0.177. The van der Waals surface area contributed by atoms with E-state index in [9.17, 15) is 0 Å². The minimum atomic E-state index is -0.458. The lowest BCUT2D eigenvalue weighted by Gasteiger charge is -1.84. The number of rotatable bonds is 1. The average molecular weight is 87.1 g/mol. The molecule has 1 fully saturated rings. The highest BCUT2D eigenvalue weighted by molar-refractivity contribution is 4.73. The number of hydrogen-bond acceptors (Lipinski definition) is 2. The van der Waals surface area contributed by atoms with Crippen LogP contribution < -0.4 is 0 Å². The van der Waals surface area contributed by atoms with Crippen molar-refractivity contribution in [1.29, 1.82) is 0 Å². The van der Waals surface area contributed by atoms with Gasteiger partial charge in [0.1, 0.15) is 0 Å². The van der Waals surface area contributed by atoms with E-state index in [1.54, 1.807) is 0 Å². The lowest BCUT2D eigenvalue weighted by molar-refractivity contribution is 0.0850. The van der Waals surface area contributed by atoms with Gasteiger partial charge in [-0.1, -0.05) is 6.92 Å². The number of hydrogen-bond donors (Lipinski definition) is 0. The second-order valence-corrected chi connectivity index (χ2v) is 1.43. The van der Waals surface area contributed by atoms with Crippen molar-refractivity contribution < 1.29 is 9.78 Å². The molecule has 0 aliphatic carbocycles. The van der Waals surface area contributed by atoms with Gasteiger partial charge in [0.2, 0.25) is 5.79 Å². The van der Waals surface area contributed by atoms with Gasteiger partial charge < -0.3 is 0 Å². The maximum atomic E-state index is 4.43. The molecule has 0 N–H and O–H groups in total. The van der Waals surface area contributed by atoms with Crippen molar-refractivity contribution in [2.45, 2.75) is 19.1 Å². The Labute approximate surface area is 37.0 Å². The molecule has 2 nitrogen and oxygen atoms in total. The van der Waals surface area contributed by atoms with Crippen molar-refractivity contribution in [3.05, 3.63) is 6.92 Å². The van der Waals surface area contributed by atoms with Crippen molar-refractivity contribution in [1.82, 2.24) is 0 Å². The molecule has 1 saturated heterocycles. The van der Waals surface area contributed by atoms with Crippen LogP contribution in [-0.4, -0.2) is 5.79 Å². The molecular weight excluding hydrogens is 80.0 g/mol. The third-order valence-corrected chi connectivity index (χ3v) is 0.858. The van der Waals surface area contributed by atoms with E-state index >= 15 is 0 Å². The van der Waals surface area contributed by atoms with Crippen LogP contribution in [0.15, 0.2) is 0 Å². The summed E-state index contributed by atoms with van der Waals surface area (Å²) in [5, 5.41) is 0. The second kappa shape index (κ2) is 0.950. The molecule has 0 unspecified atom stereocenters. The van der Waals surface area contributed by atoms with E-state index in [-0.39, 0.29) is 0 Å². The predicted molar refractivity (Wildman–Crippen MR) is 20.5 cm³/mol. The summed E-state index contributed by atoms with van der Waals surface area (Å²) in [4.78, 5) is 8.87. The van der Waals surface area contributed by atoms with Gasteiger partial charge in [-0.25, -0.2) is 0 Å². The quantitative estimate of drug-likeness (QED) is 0.350. The molecule has 1 radical (unpaired) electrons. The van der Waals surface area contributed by atoms with Crippen LogP contribution in [0.3, 0.4) is 0 Å². The predicted octanol–water partition coefficient (Wildman–Crippen LogP) is 0.889. The van der Waals surface area contributed by atoms with Gasteiger partial charge in [-0.15, -0.1) is 0 Å². The Morgan fingerprint density at radius 2 is 2.17 bits per heavy atom. The zero-order chi connectivity index (χ0) is 4.62. The van der Waals surface area contributed by atoms with E-state index in [0.717, 1.165) is 6.42 Å². The molecule has 1 aliphatic heterocycles. The summed E-state index contributed by atoms with van der Waals surface area (Å²) in [7, 11) is 0. The fourth-order valence-electron chi connectivity index (χ4n) is 0.177. The van der Waals surface area contributed by atoms with Gasteiger partial charge in [-0.05, 0) is 0 Å². The topological polar surface area (TPSA) is 25.1 Å². The van der Waals surface area contributed by atoms with Crippen molar-refractivity contribution in [3.8, 4) is 0 Å². The highest BCUT2D eigenvalue weighted by Crippen LogP contribution is 2.30. The highest BCUT2D eigenvalue weighted by Gasteiger charge is 2.41. The normalized spacial score (nSPS) is 27.0. The molecule has 1 heterocycles. The Hall–Kier alpha value is -0.0800. The van der Waals surface area contributed by atoms with E-state index in [1.807, 2.05) is 6.92 Å². The smallest absolute Gasteiger partial charge is 0.195 e. The summed E-state index contributed by atoms with van der Waals surface area (Å²) in [6.07, 6.45) is 0.826. The Balaban J connectivity index is 2.28. The molecule has 0 aromatic carbocycles. The lowest BCUT2D eigenvalue weighted by atomic mass is 10.3. The fraction of sp³-hybridized carbons (Fsp3) is 0.750. The Morgan fingerprint density at radius 3 is 2.17 bits per heavy atom.